The molecule has 0 spiro atoms. The summed E-state index contributed by atoms with van der Waals surface area (Å²) < 4.78 is 6.57. The number of rotatable bonds is 14. The minimum absolute atomic E-state index is 0.894. The molecule has 0 aromatic carbocycles. The third-order valence-corrected chi connectivity index (χ3v) is 9.15. The minimum Gasteiger partial charge on any atom is -0.417 e. The lowest BCUT2D eigenvalue weighted by Crippen LogP contribution is -2.40. The summed E-state index contributed by atoms with van der Waals surface area (Å²) in [6, 6.07) is 1.38. The Morgan fingerprint density at radius 3 is 1.70 bits per heavy atom. The molecule has 0 aliphatic carbocycles. The summed E-state index contributed by atoms with van der Waals surface area (Å²) in [5, 5.41) is 0. The number of hydrogen-bond donors (Lipinski definition) is 0. The van der Waals surface area contributed by atoms with Crippen LogP contribution in [0.25, 0.3) is 0 Å². The summed E-state index contributed by atoms with van der Waals surface area (Å²) in [4.78, 5) is 0. The van der Waals surface area contributed by atoms with Crippen molar-refractivity contribution in [2.45, 2.75) is 110 Å². The molecule has 1 atom stereocenters. The van der Waals surface area contributed by atoms with Gasteiger partial charge in [-0.3, -0.25) is 0 Å². The van der Waals surface area contributed by atoms with Crippen LogP contribution in [0.5, 0.6) is 0 Å². The largest absolute Gasteiger partial charge is 0.417 e. The highest BCUT2D eigenvalue weighted by molar-refractivity contribution is 6.74. The summed E-state index contributed by atoms with van der Waals surface area (Å²) in [6.45, 7) is 12.8. The van der Waals surface area contributed by atoms with Crippen molar-refractivity contribution in [2.75, 3.05) is 6.61 Å². The topological polar surface area (TPSA) is 9.23 Å². The van der Waals surface area contributed by atoms with Crippen molar-refractivity contribution in [3.8, 4) is 0 Å². The van der Waals surface area contributed by atoms with Crippen molar-refractivity contribution in [1.29, 1.82) is 0 Å². The van der Waals surface area contributed by atoms with E-state index in [1.54, 1.807) is 0 Å². The Morgan fingerprint density at radius 1 is 0.750 bits per heavy atom. The van der Waals surface area contributed by atoms with E-state index < -0.39 is 8.32 Å². The van der Waals surface area contributed by atoms with Crippen molar-refractivity contribution < 1.29 is 4.43 Å². The lowest BCUT2D eigenvalue weighted by atomic mass is 10.1. The maximum absolute atomic E-state index is 6.57. The first-order valence-electron chi connectivity index (χ1n) is 9.28. The van der Waals surface area contributed by atoms with Crippen LogP contribution in [0.1, 0.15) is 91.9 Å². The van der Waals surface area contributed by atoms with E-state index in [0.29, 0.717) is 0 Å². The summed E-state index contributed by atoms with van der Waals surface area (Å²) >= 11 is 0. The summed E-state index contributed by atoms with van der Waals surface area (Å²) in [6.07, 6.45) is 13.4. The molecule has 2 heteroatoms. The van der Waals surface area contributed by atoms with Crippen LogP contribution < -0.4 is 0 Å². The van der Waals surface area contributed by atoms with Crippen LogP contribution in [-0.4, -0.2) is 14.9 Å². The first-order valence-corrected chi connectivity index (χ1v) is 12.0. The second kappa shape index (κ2) is 12.9. The van der Waals surface area contributed by atoms with Crippen LogP contribution in [-0.2, 0) is 4.43 Å². The molecule has 0 fully saturated rings. The van der Waals surface area contributed by atoms with E-state index in [-0.39, 0.29) is 0 Å². The van der Waals surface area contributed by atoms with Crippen molar-refractivity contribution in [2.24, 2.45) is 0 Å². The molecule has 0 bridgehead atoms. The van der Waals surface area contributed by atoms with Crippen molar-refractivity contribution in [3.05, 3.63) is 0 Å². The fraction of sp³-hybridized carbons (Fsp3) is 1.00. The lowest BCUT2D eigenvalue weighted by molar-refractivity contribution is 0.279. The fourth-order valence-corrected chi connectivity index (χ4v) is 7.11. The first-order chi connectivity index (χ1) is 9.64. The standard InChI is InChI=1S/C18H40OSi/c1-6-10-14-18(15-11-7-2)20(5,17-13-9-4)19-16-12-8-3/h18H,6-17H2,1-5H3. The van der Waals surface area contributed by atoms with Gasteiger partial charge in [0.15, 0.2) is 8.32 Å². The second-order valence-corrected chi connectivity index (χ2v) is 10.8. The van der Waals surface area contributed by atoms with Gasteiger partial charge in [-0.2, -0.15) is 0 Å². The van der Waals surface area contributed by atoms with Gasteiger partial charge in [0.1, 0.15) is 0 Å². The summed E-state index contributed by atoms with van der Waals surface area (Å²) in [7, 11) is -1.51. The van der Waals surface area contributed by atoms with Gasteiger partial charge in [0.2, 0.25) is 0 Å². The molecular weight excluding hydrogens is 260 g/mol. The molecule has 0 amide bonds. The van der Waals surface area contributed by atoms with E-state index in [1.165, 1.54) is 70.3 Å². The third-order valence-electron chi connectivity index (χ3n) is 4.63. The molecule has 0 N–H and O–H groups in total. The predicted molar refractivity (Wildman–Crippen MR) is 95.0 cm³/mol. The van der Waals surface area contributed by atoms with Gasteiger partial charge in [-0.05, 0) is 24.6 Å². The average Bonchev–Trinajstić information content (AvgIpc) is 2.45. The zero-order valence-electron chi connectivity index (χ0n) is 15.0. The van der Waals surface area contributed by atoms with Crippen molar-refractivity contribution in [1.82, 2.24) is 0 Å². The van der Waals surface area contributed by atoms with Gasteiger partial charge in [-0.1, -0.05) is 85.5 Å². The van der Waals surface area contributed by atoms with E-state index in [9.17, 15) is 0 Å². The molecule has 0 aromatic rings. The fourth-order valence-electron chi connectivity index (χ4n) is 3.03. The van der Waals surface area contributed by atoms with E-state index in [2.05, 4.69) is 34.2 Å². The Labute approximate surface area is 130 Å². The summed E-state index contributed by atoms with van der Waals surface area (Å²) in [5.74, 6) is 0. The Morgan fingerprint density at radius 2 is 1.25 bits per heavy atom. The predicted octanol–water partition coefficient (Wildman–Crippen LogP) is 6.93. The van der Waals surface area contributed by atoms with Crippen molar-refractivity contribution in [3.63, 3.8) is 0 Å². The van der Waals surface area contributed by atoms with Gasteiger partial charge < -0.3 is 4.43 Å². The van der Waals surface area contributed by atoms with Gasteiger partial charge in [-0.25, -0.2) is 0 Å². The van der Waals surface area contributed by atoms with Crippen molar-refractivity contribution >= 4 is 8.32 Å². The zero-order chi connectivity index (χ0) is 15.3. The van der Waals surface area contributed by atoms with Gasteiger partial charge in [0, 0.05) is 6.61 Å². The van der Waals surface area contributed by atoms with Crippen LogP contribution in [0.2, 0.25) is 18.1 Å². The van der Waals surface area contributed by atoms with Crippen LogP contribution in [0.3, 0.4) is 0 Å². The molecule has 0 aliphatic heterocycles. The zero-order valence-corrected chi connectivity index (χ0v) is 16.0. The maximum atomic E-state index is 6.57. The lowest BCUT2D eigenvalue weighted by Gasteiger charge is -2.36. The van der Waals surface area contributed by atoms with Crippen LogP contribution in [0.4, 0.5) is 0 Å². The Hall–Kier alpha value is 0.177. The maximum Gasteiger partial charge on any atom is 0.192 e. The number of unbranched alkanes of at least 4 members (excludes halogenated alkanes) is 4. The molecule has 20 heavy (non-hydrogen) atoms. The summed E-state index contributed by atoms with van der Waals surface area (Å²) in [5.41, 5.74) is 0.894. The molecule has 0 saturated heterocycles. The highest BCUT2D eigenvalue weighted by atomic mass is 28.4. The SMILES string of the molecule is CCCCO[Si](C)(CCCC)C(CCCC)CCCC. The molecule has 0 rings (SSSR count). The highest BCUT2D eigenvalue weighted by Crippen LogP contribution is 2.37. The molecule has 0 heterocycles. The van der Waals surface area contributed by atoms with Gasteiger partial charge in [0.25, 0.3) is 0 Å². The molecule has 0 aromatic heterocycles. The highest BCUT2D eigenvalue weighted by Gasteiger charge is 2.36. The monoisotopic (exact) mass is 300 g/mol. The van der Waals surface area contributed by atoms with E-state index in [0.717, 1.165) is 12.1 Å². The molecular formula is C18H40OSi. The molecule has 1 nitrogen and oxygen atoms in total. The van der Waals surface area contributed by atoms with Crippen LogP contribution >= 0.6 is 0 Å². The van der Waals surface area contributed by atoms with Gasteiger partial charge >= 0.3 is 0 Å². The van der Waals surface area contributed by atoms with Gasteiger partial charge in [0.05, 0.1) is 0 Å². The smallest absolute Gasteiger partial charge is 0.192 e. The Kier molecular flexibility index (Phi) is 13.0. The Bertz CT molecular complexity index is 200. The third kappa shape index (κ3) is 8.46. The normalized spacial score (nSPS) is 14.7. The molecule has 0 radical (unpaired) electrons. The first kappa shape index (κ1) is 20.2. The van der Waals surface area contributed by atoms with Crippen LogP contribution in [0, 0.1) is 0 Å². The Balaban J connectivity index is 4.65. The average molecular weight is 301 g/mol. The van der Waals surface area contributed by atoms with E-state index >= 15 is 0 Å². The quantitative estimate of drug-likeness (QED) is 0.250. The van der Waals surface area contributed by atoms with Crippen LogP contribution in [0.15, 0.2) is 0 Å². The van der Waals surface area contributed by atoms with Gasteiger partial charge in [-0.15, -0.1) is 0 Å². The van der Waals surface area contributed by atoms with E-state index in [4.69, 9.17) is 4.43 Å². The second-order valence-electron chi connectivity index (χ2n) is 6.60. The van der Waals surface area contributed by atoms with E-state index in [1.807, 2.05) is 0 Å². The minimum atomic E-state index is -1.51. The molecule has 0 aliphatic rings. The number of hydrogen-bond acceptors (Lipinski definition) is 1. The molecule has 0 saturated carbocycles. The molecule has 1 unspecified atom stereocenters. The molecule has 122 valence electrons.